The predicted octanol–water partition coefficient (Wildman–Crippen LogP) is 6.04. The maximum absolute atomic E-state index is 11.7. The molecule has 5 saturated carbocycles. The predicted molar refractivity (Wildman–Crippen MR) is 143 cm³/mol. The van der Waals surface area contributed by atoms with Gasteiger partial charge in [-0.1, -0.05) is 34.3 Å². The molecular weight excluding hydrogens is 462 g/mol. The van der Waals surface area contributed by atoms with E-state index in [1.165, 1.54) is 6.92 Å². The molecule has 206 valence electrons. The summed E-state index contributed by atoms with van der Waals surface area (Å²) in [6.07, 6.45) is 9.76. The zero-order valence-corrected chi connectivity index (χ0v) is 23.8. The number of carbonyl (C=O) groups is 1. The molecule has 11 atom stereocenters. The van der Waals surface area contributed by atoms with E-state index in [-0.39, 0.29) is 40.2 Å². The quantitative estimate of drug-likeness (QED) is 0.354. The molecule has 5 fully saturated rings. The van der Waals surface area contributed by atoms with Gasteiger partial charge in [0.15, 0.2) is 0 Å². The summed E-state index contributed by atoms with van der Waals surface area (Å²) >= 11 is 0. The van der Waals surface area contributed by atoms with Gasteiger partial charge in [-0.2, -0.15) is 5.26 Å². The highest BCUT2D eigenvalue weighted by Crippen LogP contribution is 2.77. The van der Waals surface area contributed by atoms with Gasteiger partial charge in [0.2, 0.25) is 0 Å². The minimum absolute atomic E-state index is 0.0228. The van der Waals surface area contributed by atoms with Crippen molar-refractivity contribution in [3.05, 3.63) is 12.2 Å². The van der Waals surface area contributed by atoms with Crippen LogP contribution < -0.4 is 0 Å². The van der Waals surface area contributed by atoms with Crippen LogP contribution in [0.3, 0.4) is 0 Å². The summed E-state index contributed by atoms with van der Waals surface area (Å²) in [6.45, 7) is 15.8. The number of nitriles is 1. The van der Waals surface area contributed by atoms with Gasteiger partial charge >= 0.3 is 5.97 Å². The largest absolute Gasteiger partial charge is 0.465 e. The minimum Gasteiger partial charge on any atom is -0.465 e. The molecule has 0 saturated heterocycles. The molecule has 2 N–H and O–H groups in total. The molecular formula is C32H49NO4. The Kier molecular flexibility index (Phi) is 6.48. The molecule has 0 aromatic rings. The van der Waals surface area contributed by atoms with Gasteiger partial charge in [0.05, 0.1) is 30.8 Å². The van der Waals surface area contributed by atoms with Gasteiger partial charge in [-0.15, -0.1) is 0 Å². The van der Waals surface area contributed by atoms with Crippen LogP contribution in [0.4, 0.5) is 0 Å². The number of aliphatic hydroxyl groups is 2. The van der Waals surface area contributed by atoms with Crippen LogP contribution in [-0.4, -0.2) is 35.5 Å². The first-order chi connectivity index (χ1) is 17.3. The van der Waals surface area contributed by atoms with Gasteiger partial charge in [0, 0.05) is 12.3 Å². The number of aliphatic hydroxyl groups excluding tert-OH is 2. The third-order valence-electron chi connectivity index (χ3n) is 13.8. The maximum atomic E-state index is 11.7. The van der Waals surface area contributed by atoms with Crippen LogP contribution in [0.2, 0.25) is 0 Å². The summed E-state index contributed by atoms with van der Waals surface area (Å²) in [5.41, 5.74) is 0.612. The summed E-state index contributed by atoms with van der Waals surface area (Å²) in [5.74, 6) is 1.60. The Morgan fingerprint density at radius 3 is 2.35 bits per heavy atom. The van der Waals surface area contributed by atoms with Crippen molar-refractivity contribution < 1.29 is 19.7 Å². The van der Waals surface area contributed by atoms with Crippen LogP contribution in [0.15, 0.2) is 12.2 Å². The van der Waals surface area contributed by atoms with Gasteiger partial charge in [-0.3, -0.25) is 4.79 Å². The van der Waals surface area contributed by atoms with E-state index in [1.54, 1.807) is 0 Å². The fourth-order valence-corrected chi connectivity index (χ4v) is 11.6. The Morgan fingerprint density at radius 2 is 1.70 bits per heavy atom. The van der Waals surface area contributed by atoms with Gasteiger partial charge in [0.25, 0.3) is 0 Å². The standard InChI is InChI=1S/C32H49NO4/c1-20(17-34)22-9-14-32(18-33)16-15-30(5)23(27(22)32)7-8-25-28(3)12-11-26(36)29(4,19-37-21(2)35)24(28)10-13-31(25,30)6/h22-27,34,36H,1,7-17,19H2,2-6H3/t22-,23+,24+,25+,26?,27+,28-,29-,30+,31+,32+/m0/s1. The molecule has 5 nitrogen and oxygen atoms in total. The van der Waals surface area contributed by atoms with E-state index in [2.05, 4.69) is 40.3 Å². The van der Waals surface area contributed by atoms with E-state index in [4.69, 9.17) is 4.74 Å². The molecule has 0 aromatic heterocycles. The van der Waals surface area contributed by atoms with Gasteiger partial charge in [-0.05, 0) is 116 Å². The topological polar surface area (TPSA) is 90.6 Å². The molecule has 5 heteroatoms. The fraction of sp³-hybridized carbons (Fsp3) is 0.875. The smallest absolute Gasteiger partial charge is 0.302 e. The lowest BCUT2D eigenvalue weighted by Gasteiger charge is -2.72. The molecule has 0 heterocycles. The van der Waals surface area contributed by atoms with Crippen LogP contribution in [0, 0.1) is 68.0 Å². The summed E-state index contributed by atoms with van der Waals surface area (Å²) in [6, 6.07) is 2.82. The zero-order chi connectivity index (χ0) is 27.0. The first kappa shape index (κ1) is 27.2. The van der Waals surface area contributed by atoms with Crippen molar-refractivity contribution in [2.45, 2.75) is 105 Å². The molecule has 0 amide bonds. The molecule has 1 unspecified atom stereocenters. The Hall–Kier alpha value is -1.38. The van der Waals surface area contributed by atoms with Crippen molar-refractivity contribution in [1.29, 1.82) is 5.26 Å². The Labute approximate surface area is 224 Å². The second-order valence-corrected chi connectivity index (χ2v) is 14.8. The lowest BCUT2D eigenvalue weighted by molar-refractivity contribution is -0.252. The number of fused-ring (bicyclic) bond motifs is 7. The molecule has 5 aliphatic rings. The van der Waals surface area contributed by atoms with Crippen molar-refractivity contribution in [2.75, 3.05) is 13.2 Å². The number of hydrogen-bond donors (Lipinski definition) is 2. The van der Waals surface area contributed by atoms with E-state index >= 15 is 0 Å². The maximum Gasteiger partial charge on any atom is 0.302 e. The number of carbonyl (C=O) groups excluding carboxylic acids is 1. The summed E-state index contributed by atoms with van der Waals surface area (Å²) in [5, 5.41) is 31.7. The van der Waals surface area contributed by atoms with Crippen LogP contribution in [-0.2, 0) is 9.53 Å². The summed E-state index contributed by atoms with van der Waals surface area (Å²) in [7, 11) is 0. The first-order valence-corrected chi connectivity index (χ1v) is 14.8. The number of esters is 1. The Morgan fingerprint density at radius 1 is 0.973 bits per heavy atom. The second-order valence-electron chi connectivity index (χ2n) is 14.8. The highest BCUT2D eigenvalue weighted by molar-refractivity contribution is 5.65. The first-order valence-electron chi connectivity index (χ1n) is 14.8. The van der Waals surface area contributed by atoms with Crippen LogP contribution in [0.1, 0.15) is 98.8 Å². The van der Waals surface area contributed by atoms with Crippen molar-refractivity contribution in [3.63, 3.8) is 0 Å². The van der Waals surface area contributed by atoms with Crippen LogP contribution in [0.5, 0.6) is 0 Å². The lowest BCUT2D eigenvalue weighted by atomic mass is 9.32. The number of hydrogen-bond acceptors (Lipinski definition) is 5. The SMILES string of the molecule is C=C(CO)[C@@H]1CC[C@]2(C#N)CC[C@]3(C)[C@H](CC[C@@H]4[C@@]5(C)CCC(O)[C@@](C)(COC(C)=O)[C@@H]5CC[C@]43C)[C@@H]12. The zero-order valence-electron chi connectivity index (χ0n) is 23.8. The van der Waals surface area contributed by atoms with Gasteiger partial charge in [-0.25, -0.2) is 0 Å². The van der Waals surface area contributed by atoms with Gasteiger partial charge in [0.1, 0.15) is 0 Å². The molecule has 5 rings (SSSR count). The van der Waals surface area contributed by atoms with Crippen LogP contribution in [0.25, 0.3) is 0 Å². The summed E-state index contributed by atoms with van der Waals surface area (Å²) in [4.78, 5) is 11.7. The lowest BCUT2D eigenvalue weighted by Crippen LogP contribution is -2.67. The van der Waals surface area contributed by atoms with Crippen molar-refractivity contribution in [2.24, 2.45) is 56.7 Å². The van der Waals surface area contributed by atoms with E-state index < -0.39 is 11.5 Å². The fourth-order valence-electron chi connectivity index (χ4n) is 11.6. The Balaban J connectivity index is 1.52. The monoisotopic (exact) mass is 511 g/mol. The summed E-state index contributed by atoms with van der Waals surface area (Å²) < 4.78 is 5.57. The van der Waals surface area contributed by atoms with E-state index in [0.717, 1.165) is 69.8 Å². The van der Waals surface area contributed by atoms with Gasteiger partial charge < -0.3 is 14.9 Å². The third-order valence-corrected chi connectivity index (χ3v) is 13.8. The second kappa shape index (κ2) is 8.82. The average molecular weight is 512 g/mol. The van der Waals surface area contributed by atoms with E-state index in [1.807, 2.05) is 0 Å². The number of rotatable bonds is 4. The third kappa shape index (κ3) is 3.50. The van der Waals surface area contributed by atoms with Crippen LogP contribution >= 0.6 is 0 Å². The van der Waals surface area contributed by atoms with E-state index in [9.17, 15) is 20.3 Å². The highest BCUT2D eigenvalue weighted by Gasteiger charge is 2.71. The van der Waals surface area contributed by atoms with Crippen molar-refractivity contribution in [1.82, 2.24) is 0 Å². The Bertz CT molecular complexity index is 1000. The molecule has 0 aliphatic heterocycles. The van der Waals surface area contributed by atoms with E-state index in [0.29, 0.717) is 30.3 Å². The molecule has 37 heavy (non-hydrogen) atoms. The normalized spacial score (nSPS) is 52.6. The highest BCUT2D eigenvalue weighted by atomic mass is 16.5. The minimum atomic E-state index is -0.448. The molecule has 0 radical (unpaired) electrons. The number of ether oxygens (including phenoxy) is 1. The molecule has 0 bridgehead atoms. The van der Waals surface area contributed by atoms with Crippen molar-refractivity contribution in [3.8, 4) is 6.07 Å². The molecule has 0 aromatic carbocycles. The van der Waals surface area contributed by atoms with Crippen molar-refractivity contribution >= 4 is 5.97 Å². The average Bonchev–Trinajstić information content (AvgIpc) is 3.25. The molecule has 0 spiro atoms. The number of nitrogens with zero attached hydrogens (tertiary/aromatic N) is 1. The molecule has 5 aliphatic carbocycles.